The Hall–Kier alpha value is -2.53. The number of ether oxygens (including phenoxy) is 2. The van der Waals surface area contributed by atoms with E-state index in [4.69, 9.17) is 9.47 Å². The first-order valence-corrected chi connectivity index (χ1v) is 9.23. The van der Waals surface area contributed by atoms with E-state index in [0.29, 0.717) is 24.5 Å². The number of carbonyl (C=O) groups excluding carboxylic acids is 1. The van der Waals surface area contributed by atoms with Crippen LogP contribution in [0.15, 0.2) is 42.5 Å². The maximum atomic E-state index is 12.8. The molecule has 0 aliphatic carbocycles. The Bertz CT molecular complexity index is 808. The van der Waals surface area contributed by atoms with Crippen LogP contribution in [0.3, 0.4) is 0 Å². The minimum absolute atomic E-state index is 0.0277. The first kappa shape index (κ1) is 19.2. The second kappa shape index (κ2) is 7.61. The first-order chi connectivity index (χ1) is 12.7. The van der Waals surface area contributed by atoms with Gasteiger partial charge in [0.2, 0.25) is 0 Å². The highest BCUT2D eigenvalue weighted by Crippen LogP contribution is 2.29. The zero-order valence-electron chi connectivity index (χ0n) is 16.4. The molecule has 1 atom stereocenters. The van der Waals surface area contributed by atoms with Gasteiger partial charge in [0.1, 0.15) is 18.1 Å². The van der Waals surface area contributed by atoms with Crippen LogP contribution in [0, 0.1) is 13.8 Å². The summed E-state index contributed by atoms with van der Waals surface area (Å²) in [7, 11) is 0. The van der Waals surface area contributed by atoms with E-state index >= 15 is 0 Å². The van der Waals surface area contributed by atoms with Crippen LogP contribution in [-0.2, 0) is 4.79 Å². The fraction of sp³-hybridized carbons (Fsp3) is 0.409. The van der Waals surface area contributed by atoms with Crippen molar-refractivity contribution in [3.8, 4) is 11.5 Å². The summed E-state index contributed by atoms with van der Waals surface area (Å²) in [6, 6.07) is 13.4. The predicted octanol–water partition coefficient (Wildman–Crippen LogP) is 3.64. The van der Waals surface area contributed by atoms with Crippen molar-refractivity contribution in [2.45, 2.75) is 45.8 Å². The summed E-state index contributed by atoms with van der Waals surface area (Å²) >= 11 is 0. The zero-order valence-corrected chi connectivity index (χ0v) is 16.4. The molecule has 0 unspecified atom stereocenters. The van der Waals surface area contributed by atoms with E-state index in [2.05, 4.69) is 0 Å². The van der Waals surface area contributed by atoms with Gasteiger partial charge in [-0.15, -0.1) is 0 Å². The van der Waals surface area contributed by atoms with Gasteiger partial charge in [-0.05, 0) is 63.6 Å². The van der Waals surface area contributed by atoms with Crippen LogP contribution in [0.4, 0.5) is 5.69 Å². The fourth-order valence-corrected chi connectivity index (χ4v) is 3.02. The lowest BCUT2D eigenvalue weighted by Crippen LogP contribution is -2.32. The summed E-state index contributed by atoms with van der Waals surface area (Å²) in [4.78, 5) is 14.5. The number of amides is 1. The Morgan fingerprint density at radius 2 is 1.85 bits per heavy atom. The molecule has 1 aliphatic rings. The number of aliphatic hydroxyl groups is 1. The van der Waals surface area contributed by atoms with Gasteiger partial charge in [-0.3, -0.25) is 4.79 Å². The first-order valence-electron chi connectivity index (χ1n) is 9.23. The molecule has 0 aromatic heterocycles. The van der Waals surface area contributed by atoms with E-state index in [1.54, 1.807) is 18.7 Å². The van der Waals surface area contributed by atoms with Crippen molar-refractivity contribution >= 4 is 11.6 Å². The molecule has 1 amide bonds. The number of rotatable bonds is 6. The van der Waals surface area contributed by atoms with Crippen molar-refractivity contribution in [3.63, 3.8) is 0 Å². The Morgan fingerprint density at radius 3 is 2.48 bits per heavy atom. The van der Waals surface area contributed by atoms with Crippen molar-refractivity contribution < 1.29 is 19.4 Å². The molecule has 1 N–H and O–H groups in total. The minimum atomic E-state index is -0.892. The van der Waals surface area contributed by atoms with Crippen LogP contribution in [-0.4, -0.2) is 35.9 Å². The standard InChI is InChI=1S/C22H27NO4/c1-15-5-8-18(9-6-15)27-20-11-12-23(21(20)24)17-7-10-19(16(2)13-17)26-14-22(3,4)25/h5-10,13,20,25H,11-12,14H2,1-4H3/t20-/m1/s1. The molecule has 5 nitrogen and oxygen atoms in total. The van der Waals surface area contributed by atoms with Gasteiger partial charge in [-0.1, -0.05) is 17.7 Å². The van der Waals surface area contributed by atoms with Gasteiger partial charge in [0.05, 0.1) is 5.60 Å². The maximum absolute atomic E-state index is 12.8. The topological polar surface area (TPSA) is 59.0 Å². The average Bonchev–Trinajstić information content (AvgIpc) is 2.96. The van der Waals surface area contributed by atoms with Crippen molar-refractivity contribution in [1.82, 2.24) is 0 Å². The van der Waals surface area contributed by atoms with Crippen molar-refractivity contribution in [2.24, 2.45) is 0 Å². The summed E-state index contributed by atoms with van der Waals surface area (Å²) in [5, 5.41) is 9.81. The van der Waals surface area contributed by atoms with Gasteiger partial charge >= 0.3 is 0 Å². The van der Waals surface area contributed by atoms with E-state index in [1.807, 2.05) is 56.3 Å². The molecule has 2 aromatic rings. The third-order valence-electron chi connectivity index (χ3n) is 4.51. The van der Waals surface area contributed by atoms with Crippen LogP contribution in [0.2, 0.25) is 0 Å². The normalized spacial score (nSPS) is 17.3. The lowest BCUT2D eigenvalue weighted by molar-refractivity contribution is -0.122. The van der Waals surface area contributed by atoms with Crippen molar-refractivity contribution in [3.05, 3.63) is 53.6 Å². The summed E-state index contributed by atoms with van der Waals surface area (Å²) in [5.41, 5.74) is 2.02. The SMILES string of the molecule is Cc1ccc(O[C@@H]2CCN(c3ccc(OCC(C)(C)O)c(C)c3)C2=O)cc1. The number of benzene rings is 2. The highest BCUT2D eigenvalue weighted by Gasteiger charge is 2.34. The summed E-state index contributed by atoms with van der Waals surface area (Å²) in [5.74, 6) is 1.40. The molecule has 27 heavy (non-hydrogen) atoms. The minimum Gasteiger partial charge on any atom is -0.490 e. The Morgan fingerprint density at radius 1 is 1.15 bits per heavy atom. The molecule has 1 aliphatic heterocycles. The zero-order chi connectivity index (χ0) is 19.6. The van der Waals surface area contributed by atoms with Crippen molar-refractivity contribution in [1.29, 1.82) is 0 Å². The molecule has 3 rings (SSSR count). The van der Waals surface area contributed by atoms with E-state index in [1.165, 1.54) is 0 Å². The number of carbonyl (C=O) groups is 1. The predicted molar refractivity (Wildman–Crippen MR) is 106 cm³/mol. The van der Waals surface area contributed by atoms with Crippen LogP contribution in [0.25, 0.3) is 0 Å². The summed E-state index contributed by atoms with van der Waals surface area (Å²) in [6.07, 6.45) is 0.196. The molecule has 5 heteroatoms. The molecule has 0 bridgehead atoms. The molecule has 1 saturated heterocycles. The molecule has 0 radical (unpaired) electrons. The quantitative estimate of drug-likeness (QED) is 0.845. The Balaban J connectivity index is 1.67. The van der Waals surface area contributed by atoms with Crippen LogP contribution < -0.4 is 14.4 Å². The second-order valence-electron chi connectivity index (χ2n) is 7.75. The molecular formula is C22H27NO4. The van der Waals surface area contributed by atoms with Gasteiger partial charge in [-0.2, -0.15) is 0 Å². The molecule has 2 aromatic carbocycles. The fourth-order valence-electron chi connectivity index (χ4n) is 3.02. The average molecular weight is 369 g/mol. The largest absolute Gasteiger partial charge is 0.490 e. The van der Waals surface area contributed by atoms with E-state index < -0.39 is 11.7 Å². The number of hydrogen-bond donors (Lipinski definition) is 1. The van der Waals surface area contributed by atoms with Gasteiger partial charge < -0.3 is 19.5 Å². The highest BCUT2D eigenvalue weighted by molar-refractivity contribution is 5.99. The number of nitrogens with zero attached hydrogens (tertiary/aromatic N) is 1. The number of hydrogen-bond acceptors (Lipinski definition) is 4. The van der Waals surface area contributed by atoms with Crippen LogP contribution in [0.5, 0.6) is 11.5 Å². The second-order valence-corrected chi connectivity index (χ2v) is 7.75. The number of aryl methyl sites for hydroxylation is 2. The summed E-state index contributed by atoms with van der Waals surface area (Å²) in [6.45, 7) is 8.19. The van der Waals surface area contributed by atoms with E-state index in [9.17, 15) is 9.90 Å². The lowest BCUT2D eigenvalue weighted by atomic mass is 10.1. The molecule has 1 heterocycles. The van der Waals surface area contributed by atoms with Gasteiger partial charge in [-0.25, -0.2) is 0 Å². The monoisotopic (exact) mass is 369 g/mol. The summed E-state index contributed by atoms with van der Waals surface area (Å²) < 4.78 is 11.6. The molecule has 144 valence electrons. The van der Waals surface area contributed by atoms with Crippen LogP contribution >= 0.6 is 0 Å². The maximum Gasteiger partial charge on any atom is 0.268 e. The van der Waals surface area contributed by atoms with E-state index in [-0.39, 0.29) is 12.5 Å². The third kappa shape index (κ3) is 4.80. The smallest absolute Gasteiger partial charge is 0.268 e. The number of anilines is 1. The van der Waals surface area contributed by atoms with Gasteiger partial charge in [0.15, 0.2) is 6.10 Å². The van der Waals surface area contributed by atoms with Gasteiger partial charge in [0, 0.05) is 18.7 Å². The van der Waals surface area contributed by atoms with Crippen LogP contribution in [0.1, 0.15) is 31.4 Å². The van der Waals surface area contributed by atoms with E-state index in [0.717, 1.165) is 16.8 Å². The van der Waals surface area contributed by atoms with Crippen molar-refractivity contribution in [2.75, 3.05) is 18.1 Å². The van der Waals surface area contributed by atoms with Gasteiger partial charge in [0.25, 0.3) is 5.91 Å². The molecule has 0 saturated carbocycles. The highest BCUT2D eigenvalue weighted by atomic mass is 16.5. The molecule has 0 spiro atoms. The third-order valence-corrected chi connectivity index (χ3v) is 4.51. The lowest BCUT2D eigenvalue weighted by Gasteiger charge is -2.21. The molecule has 1 fully saturated rings. The Kier molecular flexibility index (Phi) is 5.42. The molecular weight excluding hydrogens is 342 g/mol. The Labute approximate surface area is 160 Å².